The molecule has 7 aromatic carbocycles. The third-order valence-electron chi connectivity index (χ3n) is 10.4. The van der Waals surface area contributed by atoms with Crippen molar-refractivity contribution in [3.05, 3.63) is 180 Å². The van der Waals surface area contributed by atoms with Crippen LogP contribution in [0.4, 0.5) is 5.69 Å². The van der Waals surface area contributed by atoms with Crippen LogP contribution in [-0.4, -0.2) is 21.4 Å². The van der Waals surface area contributed by atoms with E-state index in [2.05, 4.69) is 84.9 Å². The number of phenols is 2. The summed E-state index contributed by atoms with van der Waals surface area (Å²) in [6.07, 6.45) is 1.76. The summed E-state index contributed by atoms with van der Waals surface area (Å²) in [5.74, 6) is 0.412. The molecule has 0 unspecified atom stereocenters. The summed E-state index contributed by atoms with van der Waals surface area (Å²) in [7, 11) is 0. The van der Waals surface area contributed by atoms with E-state index in [0.29, 0.717) is 28.0 Å². The van der Waals surface area contributed by atoms with Crippen molar-refractivity contribution in [1.82, 2.24) is 4.98 Å². The van der Waals surface area contributed by atoms with Crippen LogP contribution in [0.25, 0.3) is 55.1 Å². The van der Waals surface area contributed by atoms with Gasteiger partial charge in [-0.3, -0.25) is 4.99 Å². The Morgan fingerprint density at radius 2 is 1.10 bits per heavy atom. The van der Waals surface area contributed by atoms with Gasteiger partial charge in [-0.1, -0.05) is 127 Å². The van der Waals surface area contributed by atoms with E-state index in [1.54, 1.807) is 12.3 Å². The lowest BCUT2D eigenvalue weighted by molar-refractivity contribution is 0.465. The van der Waals surface area contributed by atoms with Crippen molar-refractivity contribution in [1.29, 1.82) is 0 Å². The molecule has 230 valence electrons. The van der Waals surface area contributed by atoms with Crippen LogP contribution in [0.5, 0.6) is 11.5 Å². The zero-order chi connectivity index (χ0) is 32.7. The number of phenolic OH excluding ortho intramolecular Hbond substituents is 2. The highest BCUT2D eigenvalue weighted by molar-refractivity contribution is 6.04. The topological polar surface area (TPSA) is 65.7 Å². The second-order valence-electron chi connectivity index (χ2n) is 12.8. The number of benzene rings is 7. The Kier molecular flexibility index (Phi) is 5.76. The first-order valence-corrected chi connectivity index (χ1v) is 16.5. The molecule has 0 fully saturated rings. The van der Waals surface area contributed by atoms with E-state index in [-0.39, 0.29) is 11.5 Å². The number of fused-ring (bicyclic) bond motifs is 12. The van der Waals surface area contributed by atoms with E-state index >= 15 is 0 Å². The maximum Gasteiger partial charge on any atom is 0.130 e. The quantitative estimate of drug-likeness (QED) is 0.191. The average Bonchev–Trinajstić information content (AvgIpc) is 3.62. The highest BCUT2D eigenvalue weighted by atomic mass is 16.3. The van der Waals surface area contributed by atoms with Gasteiger partial charge >= 0.3 is 0 Å². The van der Waals surface area contributed by atoms with Crippen LogP contribution in [0.3, 0.4) is 0 Å². The van der Waals surface area contributed by atoms with Gasteiger partial charge in [0, 0.05) is 21.9 Å². The summed E-state index contributed by atoms with van der Waals surface area (Å²) in [6.45, 7) is 0. The first-order valence-electron chi connectivity index (χ1n) is 16.5. The Hall–Kier alpha value is -6.52. The van der Waals surface area contributed by atoms with Crippen LogP contribution < -0.4 is 0 Å². The van der Waals surface area contributed by atoms with E-state index in [4.69, 9.17) is 9.98 Å². The number of aliphatic imine (C=N–C) groups is 1. The molecule has 8 aromatic rings. The molecule has 0 saturated carbocycles. The Morgan fingerprint density at radius 3 is 1.82 bits per heavy atom. The summed E-state index contributed by atoms with van der Waals surface area (Å²) in [5.41, 5.74) is 10.9. The molecule has 0 bridgehead atoms. The Labute approximate surface area is 283 Å². The van der Waals surface area contributed by atoms with E-state index in [9.17, 15) is 10.2 Å². The minimum Gasteiger partial charge on any atom is -0.507 e. The van der Waals surface area contributed by atoms with E-state index in [1.165, 1.54) is 27.8 Å². The number of hydrogen-bond donors (Lipinski definition) is 2. The lowest BCUT2D eigenvalue weighted by Gasteiger charge is -2.31. The fourth-order valence-corrected chi connectivity index (χ4v) is 8.38. The van der Waals surface area contributed by atoms with Crippen LogP contribution in [0.15, 0.2) is 157 Å². The van der Waals surface area contributed by atoms with Gasteiger partial charge in [0.1, 0.15) is 11.5 Å². The number of nitrogens with zero attached hydrogens (tertiary/aromatic N) is 2. The van der Waals surface area contributed by atoms with Crippen molar-refractivity contribution in [2.24, 2.45) is 4.99 Å². The monoisotopic (exact) mass is 628 g/mol. The molecule has 1 aromatic heterocycles. The minimum absolute atomic E-state index is 0.185. The SMILES string of the molecule is Oc1c(-c2cc3ccccc3c(C=Nc3cccc4cccc(O)c34)n2)ccc2c1C1(c3ccccc3-c3ccccc31)c1ccccc1-2. The average molecular weight is 629 g/mol. The van der Waals surface area contributed by atoms with Gasteiger partial charge in [-0.05, 0) is 74.0 Å². The lowest BCUT2D eigenvalue weighted by atomic mass is 9.70. The predicted molar refractivity (Wildman–Crippen MR) is 198 cm³/mol. The maximum atomic E-state index is 12.6. The summed E-state index contributed by atoms with van der Waals surface area (Å²) in [5, 5.41) is 26.9. The van der Waals surface area contributed by atoms with Crippen molar-refractivity contribution < 1.29 is 10.2 Å². The minimum atomic E-state index is -0.670. The normalized spacial score (nSPS) is 13.6. The van der Waals surface area contributed by atoms with Crippen molar-refractivity contribution in [2.75, 3.05) is 0 Å². The molecular weight excluding hydrogens is 601 g/mol. The van der Waals surface area contributed by atoms with Gasteiger partial charge in [-0.2, -0.15) is 0 Å². The lowest BCUT2D eigenvalue weighted by Crippen LogP contribution is -2.26. The smallest absolute Gasteiger partial charge is 0.130 e. The molecule has 4 nitrogen and oxygen atoms in total. The standard InChI is InChI=1S/C45H28N2O2/c48-41-22-10-13-27-12-9-21-38(42(27)41)46-26-40-29-14-2-1-11-28(29)25-39(47-40)34-24-23-33-32-17-5-8-20-37(32)45(43(33)44(34)49)35-18-6-3-15-30(35)31-16-4-7-19-36(31)45/h1-26,48-49H. The first-order chi connectivity index (χ1) is 24.1. The predicted octanol–water partition coefficient (Wildman–Crippen LogP) is 10.6. The Bertz CT molecular complexity index is 2640. The molecule has 0 saturated heterocycles. The van der Waals surface area contributed by atoms with Crippen molar-refractivity contribution in [2.45, 2.75) is 5.41 Å². The van der Waals surface area contributed by atoms with Crippen LogP contribution in [0.1, 0.15) is 27.9 Å². The third kappa shape index (κ3) is 3.74. The zero-order valence-electron chi connectivity index (χ0n) is 26.3. The highest BCUT2D eigenvalue weighted by Crippen LogP contribution is 2.65. The molecule has 0 atom stereocenters. The largest absolute Gasteiger partial charge is 0.507 e. The molecule has 2 N–H and O–H groups in total. The first kappa shape index (κ1) is 27.6. The van der Waals surface area contributed by atoms with Gasteiger partial charge in [-0.15, -0.1) is 0 Å². The van der Waals surface area contributed by atoms with Gasteiger partial charge in [0.2, 0.25) is 0 Å². The summed E-state index contributed by atoms with van der Waals surface area (Å²) >= 11 is 0. The second kappa shape index (κ2) is 10.2. The molecule has 0 aliphatic heterocycles. The highest BCUT2D eigenvalue weighted by Gasteiger charge is 2.53. The molecular formula is C45H28N2O2. The van der Waals surface area contributed by atoms with Crippen molar-refractivity contribution >= 4 is 33.4 Å². The molecule has 4 heteroatoms. The molecule has 2 aliphatic carbocycles. The fraction of sp³-hybridized carbons (Fsp3) is 0.0222. The Morgan fingerprint density at radius 1 is 0.531 bits per heavy atom. The number of rotatable bonds is 3. The van der Waals surface area contributed by atoms with Gasteiger partial charge in [0.15, 0.2) is 0 Å². The maximum absolute atomic E-state index is 12.6. The van der Waals surface area contributed by atoms with Crippen LogP contribution in [0, 0.1) is 0 Å². The molecule has 2 aliphatic rings. The number of aromatic nitrogens is 1. The molecule has 0 radical (unpaired) electrons. The number of hydrogen-bond acceptors (Lipinski definition) is 4. The van der Waals surface area contributed by atoms with E-state index < -0.39 is 5.41 Å². The number of aromatic hydroxyl groups is 2. The van der Waals surface area contributed by atoms with Gasteiger partial charge in [-0.25, -0.2) is 4.98 Å². The third-order valence-corrected chi connectivity index (χ3v) is 10.4. The van der Waals surface area contributed by atoms with Crippen molar-refractivity contribution in [3.63, 3.8) is 0 Å². The fourth-order valence-electron chi connectivity index (χ4n) is 8.38. The van der Waals surface area contributed by atoms with E-state index in [1.807, 2.05) is 60.7 Å². The molecule has 49 heavy (non-hydrogen) atoms. The van der Waals surface area contributed by atoms with Crippen LogP contribution in [0.2, 0.25) is 0 Å². The zero-order valence-corrected chi connectivity index (χ0v) is 26.3. The van der Waals surface area contributed by atoms with Gasteiger partial charge in [0.25, 0.3) is 0 Å². The second-order valence-corrected chi connectivity index (χ2v) is 12.8. The summed E-state index contributed by atoms with van der Waals surface area (Å²) in [4.78, 5) is 10.0. The van der Waals surface area contributed by atoms with Crippen LogP contribution in [-0.2, 0) is 5.41 Å². The molecule has 0 amide bonds. The summed E-state index contributed by atoms with van der Waals surface area (Å²) < 4.78 is 0. The molecule has 10 rings (SSSR count). The van der Waals surface area contributed by atoms with Crippen molar-refractivity contribution in [3.8, 4) is 45.0 Å². The molecule has 1 heterocycles. The Balaban J connectivity index is 1.21. The number of pyridine rings is 1. The summed E-state index contributed by atoms with van der Waals surface area (Å²) in [6, 6.07) is 51.3. The molecule has 1 spiro atoms. The van der Waals surface area contributed by atoms with Gasteiger partial charge in [0.05, 0.1) is 28.7 Å². The van der Waals surface area contributed by atoms with E-state index in [0.717, 1.165) is 32.8 Å². The van der Waals surface area contributed by atoms with Crippen LogP contribution >= 0.6 is 0 Å². The van der Waals surface area contributed by atoms with Gasteiger partial charge < -0.3 is 10.2 Å².